The number of rotatable bonds is 5. The van der Waals surface area contributed by atoms with Gasteiger partial charge in [-0.3, -0.25) is 25.4 Å². The maximum atomic E-state index is 11.0. The van der Waals surface area contributed by atoms with Crippen molar-refractivity contribution in [2.24, 2.45) is 0 Å². The molecule has 0 aliphatic rings. The van der Waals surface area contributed by atoms with Gasteiger partial charge in [0, 0.05) is 23.3 Å². The number of nitrogens with one attached hydrogen (secondary N) is 1. The average Bonchev–Trinajstić information content (AvgIpc) is 2.38. The maximum absolute atomic E-state index is 11.0. The number of aliphatic carboxylic acids is 1. The van der Waals surface area contributed by atoms with Gasteiger partial charge in [-0.25, -0.2) is 4.79 Å². The minimum absolute atomic E-state index is 0.0729. The van der Waals surface area contributed by atoms with Crippen molar-refractivity contribution in [3.05, 3.63) is 40.2 Å². The van der Waals surface area contributed by atoms with E-state index in [1.54, 1.807) is 13.0 Å². The second kappa shape index (κ2) is 5.49. The topological polar surface area (TPSA) is 115 Å². The van der Waals surface area contributed by atoms with Crippen LogP contribution in [-0.2, 0) is 9.63 Å². The Morgan fingerprint density at radius 3 is 2.90 bits per heavy atom. The number of pyridine rings is 1. The smallest absolute Gasteiger partial charge is 0.332 e. The van der Waals surface area contributed by atoms with Gasteiger partial charge in [-0.1, -0.05) is 0 Å². The Bertz CT molecular complexity index is 686. The molecule has 0 unspecified atom stereocenters. The van der Waals surface area contributed by atoms with Crippen LogP contribution >= 0.6 is 0 Å². The SMILES string of the molecule is Cc1cc2c(NOCC(=O)O)ccc([N+](=O)[O-])c2cn1. The summed E-state index contributed by atoms with van der Waals surface area (Å²) in [5, 5.41) is 20.4. The number of aromatic nitrogens is 1. The number of non-ortho nitro benzene ring substituents is 1. The lowest BCUT2D eigenvalue weighted by Crippen LogP contribution is -2.11. The zero-order valence-electron chi connectivity index (χ0n) is 10.5. The first kappa shape index (κ1) is 13.7. The third-order valence-electron chi connectivity index (χ3n) is 2.59. The molecule has 1 heterocycles. The minimum atomic E-state index is -1.12. The number of aryl methyl sites for hydroxylation is 1. The normalized spacial score (nSPS) is 10.4. The highest BCUT2D eigenvalue weighted by Gasteiger charge is 2.15. The third-order valence-corrected chi connectivity index (χ3v) is 2.59. The molecule has 8 nitrogen and oxygen atoms in total. The van der Waals surface area contributed by atoms with Crippen molar-refractivity contribution < 1.29 is 19.7 Å². The predicted octanol–water partition coefficient (Wildman–Crippen LogP) is 1.88. The molecule has 0 fully saturated rings. The molecule has 1 aromatic heterocycles. The highest BCUT2D eigenvalue weighted by molar-refractivity contribution is 5.99. The lowest BCUT2D eigenvalue weighted by atomic mass is 10.1. The highest BCUT2D eigenvalue weighted by atomic mass is 16.7. The van der Waals surface area contributed by atoms with Crippen LogP contribution in [-0.4, -0.2) is 27.6 Å². The van der Waals surface area contributed by atoms with E-state index in [0.29, 0.717) is 22.2 Å². The molecule has 2 aromatic rings. The Kier molecular flexibility index (Phi) is 3.76. The van der Waals surface area contributed by atoms with Crippen molar-refractivity contribution in [2.45, 2.75) is 6.92 Å². The minimum Gasteiger partial charge on any atom is -0.479 e. The molecule has 2 N–H and O–H groups in total. The summed E-state index contributed by atoms with van der Waals surface area (Å²) in [4.78, 5) is 29.7. The fourth-order valence-corrected chi connectivity index (χ4v) is 1.75. The summed E-state index contributed by atoms with van der Waals surface area (Å²) in [7, 11) is 0. The molecule has 104 valence electrons. The first-order valence-electron chi connectivity index (χ1n) is 5.62. The van der Waals surface area contributed by atoms with E-state index in [1.807, 2.05) is 0 Å². The maximum Gasteiger partial charge on any atom is 0.332 e. The van der Waals surface area contributed by atoms with Crippen molar-refractivity contribution in [2.75, 3.05) is 12.1 Å². The Morgan fingerprint density at radius 2 is 2.25 bits per heavy atom. The molecule has 0 atom stereocenters. The summed E-state index contributed by atoms with van der Waals surface area (Å²) >= 11 is 0. The molecule has 2 rings (SSSR count). The van der Waals surface area contributed by atoms with Crippen LogP contribution in [0.5, 0.6) is 0 Å². The average molecular weight is 277 g/mol. The van der Waals surface area contributed by atoms with Gasteiger partial charge in [0.15, 0.2) is 6.61 Å². The monoisotopic (exact) mass is 277 g/mol. The molecule has 8 heteroatoms. The molecule has 0 spiro atoms. The van der Waals surface area contributed by atoms with Crippen LogP contribution in [0.15, 0.2) is 24.4 Å². The highest BCUT2D eigenvalue weighted by Crippen LogP contribution is 2.31. The zero-order chi connectivity index (χ0) is 14.7. The molecule has 20 heavy (non-hydrogen) atoms. The van der Waals surface area contributed by atoms with Crippen molar-refractivity contribution in [3.8, 4) is 0 Å². The molecular weight excluding hydrogens is 266 g/mol. The summed E-state index contributed by atoms with van der Waals surface area (Å²) < 4.78 is 0. The standard InChI is InChI=1S/C12H11N3O5/c1-7-4-8-9(5-13-7)11(15(18)19)3-2-10(8)14-20-6-12(16)17/h2-5,14H,6H2,1H3,(H,16,17). The first-order chi connectivity index (χ1) is 9.49. The second-order valence-electron chi connectivity index (χ2n) is 4.05. The van der Waals surface area contributed by atoms with Crippen LogP contribution in [0.2, 0.25) is 0 Å². The summed E-state index contributed by atoms with van der Waals surface area (Å²) in [6.07, 6.45) is 1.41. The molecule has 0 radical (unpaired) electrons. The van der Waals surface area contributed by atoms with Gasteiger partial charge in [-0.15, -0.1) is 0 Å². The molecule has 0 saturated carbocycles. The number of nitrogens with zero attached hydrogens (tertiary/aromatic N) is 2. The van der Waals surface area contributed by atoms with E-state index in [4.69, 9.17) is 9.94 Å². The number of nitro groups is 1. The van der Waals surface area contributed by atoms with E-state index in [-0.39, 0.29) is 5.69 Å². The number of nitro benzene ring substituents is 1. The number of benzene rings is 1. The van der Waals surface area contributed by atoms with E-state index in [0.717, 1.165) is 0 Å². The Morgan fingerprint density at radius 1 is 1.50 bits per heavy atom. The quantitative estimate of drug-likeness (QED) is 0.633. The summed E-state index contributed by atoms with van der Waals surface area (Å²) in [5.41, 5.74) is 3.53. The Labute approximate surface area is 113 Å². The van der Waals surface area contributed by atoms with Gasteiger partial charge in [-0.05, 0) is 19.1 Å². The van der Waals surface area contributed by atoms with Crippen LogP contribution in [0, 0.1) is 17.0 Å². The molecule has 1 aromatic carbocycles. The van der Waals surface area contributed by atoms with Gasteiger partial charge in [0.05, 0.1) is 16.0 Å². The number of carbonyl (C=O) groups is 1. The van der Waals surface area contributed by atoms with Crippen molar-refractivity contribution >= 4 is 28.1 Å². The van der Waals surface area contributed by atoms with E-state index in [2.05, 4.69) is 10.5 Å². The first-order valence-corrected chi connectivity index (χ1v) is 5.62. The summed E-state index contributed by atoms with van der Waals surface area (Å²) in [6.45, 7) is 1.22. The Balaban J connectivity index is 2.45. The summed E-state index contributed by atoms with van der Waals surface area (Å²) in [6, 6.07) is 4.43. The number of carboxylic acid groups (broad SMARTS) is 1. The van der Waals surface area contributed by atoms with E-state index in [1.165, 1.54) is 18.3 Å². The Hall–Kier alpha value is -2.74. The van der Waals surface area contributed by atoms with Gasteiger partial charge in [0.2, 0.25) is 0 Å². The molecule has 0 bridgehead atoms. The third kappa shape index (κ3) is 2.81. The molecule has 0 aliphatic carbocycles. The number of hydrogen-bond acceptors (Lipinski definition) is 6. The fourth-order valence-electron chi connectivity index (χ4n) is 1.75. The van der Waals surface area contributed by atoms with Gasteiger partial charge >= 0.3 is 5.97 Å². The fraction of sp³-hybridized carbons (Fsp3) is 0.167. The number of carboxylic acids is 1. The largest absolute Gasteiger partial charge is 0.479 e. The number of hydrogen-bond donors (Lipinski definition) is 2. The summed E-state index contributed by atoms with van der Waals surface area (Å²) in [5.74, 6) is -1.12. The molecule has 0 saturated heterocycles. The van der Waals surface area contributed by atoms with Crippen molar-refractivity contribution in [1.29, 1.82) is 0 Å². The second-order valence-corrected chi connectivity index (χ2v) is 4.05. The van der Waals surface area contributed by atoms with Gasteiger partial charge in [0.1, 0.15) is 0 Å². The molecule has 0 aliphatic heterocycles. The van der Waals surface area contributed by atoms with Gasteiger partial charge in [-0.2, -0.15) is 0 Å². The van der Waals surface area contributed by atoms with Crippen LogP contribution in [0.25, 0.3) is 10.8 Å². The van der Waals surface area contributed by atoms with Crippen molar-refractivity contribution in [3.63, 3.8) is 0 Å². The van der Waals surface area contributed by atoms with Crippen LogP contribution in [0.3, 0.4) is 0 Å². The van der Waals surface area contributed by atoms with E-state index in [9.17, 15) is 14.9 Å². The van der Waals surface area contributed by atoms with Crippen LogP contribution in [0.4, 0.5) is 11.4 Å². The number of fused-ring (bicyclic) bond motifs is 1. The van der Waals surface area contributed by atoms with E-state index < -0.39 is 17.5 Å². The van der Waals surface area contributed by atoms with Crippen molar-refractivity contribution in [1.82, 2.24) is 4.98 Å². The van der Waals surface area contributed by atoms with Crippen LogP contribution < -0.4 is 5.48 Å². The van der Waals surface area contributed by atoms with E-state index >= 15 is 0 Å². The lowest BCUT2D eigenvalue weighted by Gasteiger charge is -2.09. The molecular formula is C12H11N3O5. The lowest BCUT2D eigenvalue weighted by molar-refractivity contribution is -0.383. The number of anilines is 1. The molecule has 0 amide bonds. The predicted molar refractivity (Wildman–Crippen MR) is 70.3 cm³/mol. The van der Waals surface area contributed by atoms with Crippen LogP contribution in [0.1, 0.15) is 5.69 Å². The van der Waals surface area contributed by atoms with Gasteiger partial charge in [0.25, 0.3) is 5.69 Å². The zero-order valence-corrected chi connectivity index (χ0v) is 10.5. The van der Waals surface area contributed by atoms with Gasteiger partial charge < -0.3 is 5.11 Å².